The number of H-pyrrole nitrogens is 1. The lowest BCUT2D eigenvalue weighted by Gasteiger charge is -2.40. The number of hydrogen-bond acceptors (Lipinski definition) is 7. The highest BCUT2D eigenvalue weighted by Gasteiger charge is 2.31. The zero-order valence-electron chi connectivity index (χ0n) is 16.1. The lowest BCUT2D eigenvalue weighted by molar-refractivity contribution is 0.127. The van der Waals surface area contributed by atoms with E-state index < -0.39 is 10.0 Å². The summed E-state index contributed by atoms with van der Waals surface area (Å²) in [6.07, 6.45) is 4.33. The number of nitrogens with two attached hydrogens (primary N) is 1. The average molecular weight is 406 g/mol. The van der Waals surface area contributed by atoms with Gasteiger partial charge in [0.2, 0.25) is 15.8 Å². The van der Waals surface area contributed by atoms with Gasteiger partial charge in [-0.05, 0) is 81.0 Å². The Hall–Kier alpha value is -1.88. The number of hydrogen-bond donors (Lipinski definition) is 3. The molecule has 0 saturated carbocycles. The molecule has 2 aliphatic heterocycles. The summed E-state index contributed by atoms with van der Waals surface area (Å²) >= 11 is 0. The van der Waals surface area contributed by atoms with Crippen molar-refractivity contribution >= 4 is 10.0 Å². The molecule has 2 aromatic rings. The van der Waals surface area contributed by atoms with E-state index in [4.69, 9.17) is 5.14 Å². The molecule has 0 aliphatic carbocycles. The van der Waals surface area contributed by atoms with E-state index in [1.165, 1.54) is 12.8 Å². The minimum atomic E-state index is -3.92. The van der Waals surface area contributed by atoms with Crippen molar-refractivity contribution in [1.82, 2.24) is 30.8 Å². The Morgan fingerprint density at radius 1 is 1.14 bits per heavy atom. The molecule has 0 amide bonds. The number of likely N-dealkylation sites (tertiary alicyclic amines) is 1. The Balaban J connectivity index is 1.65. The number of aromatic nitrogens is 4. The number of nitrogens with zero attached hydrogens (tertiary/aromatic N) is 4. The second kappa shape index (κ2) is 7.86. The van der Waals surface area contributed by atoms with Gasteiger partial charge >= 0.3 is 0 Å². The molecule has 4 rings (SSSR count). The predicted molar refractivity (Wildman–Crippen MR) is 105 cm³/mol. The van der Waals surface area contributed by atoms with E-state index in [0.717, 1.165) is 44.6 Å². The lowest BCUT2D eigenvalue weighted by Crippen LogP contribution is -2.46. The van der Waals surface area contributed by atoms with Gasteiger partial charge in [0, 0.05) is 11.6 Å². The summed E-state index contributed by atoms with van der Waals surface area (Å²) in [5.41, 5.74) is 2.04. The van der Waals surface area contributed by atoms with Crippen LogP contribution in [0.25, 0.3) is 11.4 Å². The molecule has 1 aromatic heterocycles. The Morgan fingerprint density at radius 3 is 2.46 bits per heavy atom. The molecule has 0 radical (unpaired) electrons. The lowest BCUT2D eigenvalue weighted by atomic mass is 9.84. The standard InChI is InChI=1S/C18H27N7O2S/c1-12-2-3-15(16(17(12)28(19,26)27)18-21-23-24-22-18)13-6-10-25(11-7-13)14-4-8-20-9-5-14/h2-3,13-14,20H,4-11H2,1H3,(H2,19,26,27)(H,21,22,23,24). The van der Waals surface area contributed by atoms with E-state index in [2.05, 4.69) is 30.8 Å². The summed E-state index contributed by atoms with van der Waals surface area (Å²) in [5, 5.41) is 23.1. The van der Waals surface area contributed by atoms with Gasteiger partial charge in [-0.3, -0.25) is 0 Å². The fourth-order valence-electron chi connectivity index (χ4n) is 4.65. The molecule has 9 nitrogen and oxygen atoms in total. The number of benzene rings is 1. The van der Waals surface area contributed by atoms with Crippen molar-refractivity contribution in [3.63, 3.8) is 0 Å². The highest BCUT2D eigenvalue weighted by molar-refractivity contribution is 7.89. The van der Waals surface area contributed by atoms with Crippen LogP contribution in [0.5, 0.6) is 0 Å². The maximum Gasteiger partial charge on any atom is 0.239 e. The monoisotopic (exact) mass is 405 g/mol. The van der Waals surface area contributed by atoms with Crippen molar-refractivity contribution < 1.29 is 8.42 Å². The van der Waals surface area contributed by atoms with Crippen molar-refractivity contribution in [2.24, 2.45) is 5.14 Å². The van der Waals surface area contributed by atoms with E-state index in [0.29, 0.717) is 17.2 Å². The number of aromatic amines is 1. The molecule has 2 aliphatic rings. The smallest absolute Gasteiger partial charge is 0.239 e. The number of tetrazole rings is 1. The van der Waals surface area contributed by atoms with Gasteiger partial charge in [-0.15, -0.1) is 10.2 Å². The summed E-state index contributed by atoms with van der Waals surface area (Å²) in [6, 6.07) is 4.48. The van der Waals surface area contributed by atoms with E-state index in [1.807, 2.05) is 12.1 Å². The molecule has 0 unspecified atom stereocenters. The first-order chi connectivity index (χ1) is 13.4. The van der Waals surface area contributed by atoms with E-state index >= 15 is 0 Å². The number of primary sulfonamides is 1. The van der Waals surface area contributed by atoms with E-state index in [1.54, 1.807) is 6.92 Å². The Bertz CT molecular complexity index is 916. The van der Waals surface area contributed by atoms with Crippen LogP contribution in [-0.2, 0) is 10.0 Å². The molecule has 10 heteroatoms. The molecule has 0 atom stereocenters. The third kappa shape index (κ3) is 3.82. The molecular formula is C18H27N7O2S. The molecule has 2 fully saturated rings. The molecule has 0 bridgehead atoms. The molecule has 4 N–H and O–H groups in total. The van der Waals surface area contributed by atoms with Crippen LogP contribution >= 0.6 is 0 Å². The highest BCUT2D eigenvalue weighted by atomic mass is 32.2. The third-order valence-electron chi connectivity index (χ3n) is 6.03. The topological polar surface area (TPSA) is 130 Å². The van der Waals surface area contributed by atoms with Crippen LogP contribution in [0.1, 0.15) is 42.7 Å². The largest absolute Gasteiger partial charge is 0.317 e. The molecule has 1 aromatic carbocycles. The summed E-state index contributed by atoms with van der Waals surface area (Å²) in [7, 11) is -3.92. The summed E-state index contributed by atoms with van der Waals surface area (Å²) in [5.74, 6) is 0.524. The predicted octanol–water partition coefficient (Wildman–Crippen LogP) is 0.754. The van der Waals surface area contributed by atoms with Gasteiger partial charge in [0.05, 0.1) is 4.90 Å². The average Bonchev–Trinajstić information content (AvgIpc) is 3.22. The Labute approximate surface area is 165 Å². The van der Waals surface area contributed by atoms with Crippen LogP contribution in [-0.4, -0.2) is 66.2 Å². The quantitative estimate of drug-likeness (QED) is 0.684. The van der Waals surface area contributed by atoms with Crippen molar-refractivity contribution in [3.05, 3.63) is 23.3 Å². The molecule has 0 spiro atoms. The van der Waals surface area contributed by atoms with E-state index in [-0.39, 0.29) is 16.6 Å². The Morgan fingerprint density at radius 2 is 1.86 bits per heavy atom. The molecular weight excluding hydrogens is 378 g/mol. The number of aryl methyl sites for hydroxylation is 1. The van der Waals surface area contributed by atoms with Gasteiger partial charge in [-0.1, -0.05) is 12.1 Å². The Kier molecular flexibility index (Phi) is 5.46. The second-order valence-corrected chi connectivity index (χ2v) is 9.25. The van der Waals surface area contributed by atoms with Crippen LogP contribution < -0.4 is 10.5 Å². The third-order valence-corrected chi connectivity index (χ3v) is 7.13. The van der Waals surface area contributed by atoms with Crippen molar-refractivity contribution in [1.29, 1.82) is 0 Å². The molecule has 2 saturated heterocycles. The van der Waals surface area contributed by atoms with Gasteiger partial charge in [0.1, 0.15) is 0 Å². The summed E-state index contributed by atoms with van der Waals surface area (Å²) < 4.78 is 24.7. The van der Waals surface area contributed by atoms with E-state index in [9.17, 15) is 8.42 Å². The normalized spacial score (nSPS) is 20.5. The number of sulfonamides is 1. The van der Waals surface area contributed by atoms with Gasteiger partial charge in [0.25, 0.3) is 0 Å². The van der Waals surface area contributed by atoms with Crippen molar-refractivity contribution in [2.45, 2.75) is 49.5 Å². The van der Waals surface area contributed by atoms with Gasteiger partial charge in [-0.2, -0.15) is 5.21 Å². The minimum Gasteiger partial charge on any atom is -0.317 e. The minimum absolute atomic E-state index is 0.104. The zero-order valence-corrected chi connectivity index (χ0v) is 16.9. The van der Waals surface area contributed by atoms with Gasteiger partial charge in [0.15, 0.2) is 0 Å². The molecule has 152 valence electrons. The van der Waals surface area contributed by atoms with Crippen LogP contribution in [0.3, 0.4) is 0 Å². The first-order valence-electron chi connectivity index (χ1n) is 9.80. The summed E-state index contributed by atoms with van der Waals surface area (Å²) in [4.78, 5) is 2.69. The fourth-order valence-corrected chi connectivity index (χ4v) is 5.67. The second-order valence-electron chi connectivity index (χ2n) is 7.75. The number of rotatable bonds is 4. The van der Waals surface area contributed by atoms with Crippen LogP contribution in [0.15, 0.2) is 17.0 Å². The fraction of sp³-hybridized carbons (Fsp3) is 0.611. The highest BCUT2D eigenvalue weighted by Crippen LogP contribution is 2.39. The maximum atomic E-state index is 12.3. The SMILES string of the molecule is Cc1ccc(C2CCN(C3CCNCC3)CC2)c(-c2nn[nH]n2)c1S(N)(=O)=O. The zero-order chi connectivity index (χ0) is 19.7. The van der Waals surface area contributed by atoms with Crippen LogP contribution in [0, 0.1) is 6.92 Å². The van der Waals surface area contributed by atoms with Gasteiger partial charge in [-0.25, -0.2) is 13.6 Å². The number of piperidine rings is 2. The summed E-state index contributed by atoms with van der Waals surface area (Å²) in [6.45, 7) is 5.94. The van der Waals surface area contributed by atoms with Crippen molar-refractivity contribution in [2.75, 3.05) is 26.2 Å². The number of nitrogens with one attached hydrogen (secondary N) is 2. The maximum absolute atomic E-state index is 12.3. The molecule has 3 heterocycles. The molecule has 28 heavy (non-hydrogen) atoms. The van der Waals surface area contributed by atoms with Gasteiger partial charge < -0.3 is 10.2 Å². The van der Waals surface area contributed by atoms with Crippen LogP contribution in [0.2, 0.25) is 0 Å². The first kappa shape index (κ1) is 19.4. The van der Waals surface area contributed by atoms with Crippen LogP contribution in [0.4, 0.5) is 0 Å². The van der Waals surface area contributed by atoms with Crippen molar-refractivity contribution in [3.8, 4) is 11.4 Å². The first-order valence-corrected chi connectivity index (χ1v) is 11.3.